The number of carbonyl (C=O) groups is 2. The first-order valence-electron chi connectivity index (χ1n) is 9.48. The largest absolute Gasteiger partial charge is 0.469 e. The number of benzene rings is 1. The quantitative estimate of drug-likeness (QED) is 0.643. The molecule has 1 aliphatic rings. The molecule has 0 aliphatic carbocycles. The monoisotopic (exact) mass is 371 g/mol. The summed E-state index contributed by atoms with van der Waals surface area (Å²) in [4.78, 5) is 40.9. The van der Waals surface area contributed by atoms with Crippen molar-refractivity contribution in [3.8, 4) is 0 Å². The average molecular weight is 371 g/mol. The Morgan fingerprint density at radius 1 is 1.22 bits per heavy atom. The zero-order chi connectivity index (χ0) is 19.2. The molecule has 1 aromatic heterocycles. The lowest BCUT2D eigenvalue weighted by Crippen LogP contribution is -2.27. The van der Waals surface area contributed by atoms with Crippen molar-refractivity contribution in [1.82, 2.24) is 14.9 Å². The van der Waals surface area contributed by atoms with Crippen LogP contribution in [0.4, 0.5) is 0 Å². The number of aromatic nitrogens is 2. The highest BCUT2D eigenvalue weighted by Crippen LogP contribution is 2.16. The Balaban J connectivity index is 1.78. The van der Waals surface area contributed by atoms with Crippen molar-refractivity contribution in [1.29, 1.82) is 0 Å². The van der Waals surface area contributed by atoms with E-state index in [9.17, 15) is 14.4 Å². The van der Waals surface area contributed by atoms with Crippen molar-refractivity contribution < 1.29 is 14.3 Å². The van der Waals surface area contributed by atoms with Gasteiger partial charge in [-0.3, -0.25) is 19.0 Å². The summed E-state index contributed by atoms with van der Waals surface area (Å²) in [6.45, 7) is 1.09. The second kappa shape index (κ2) is 8.79. The highest BCUT2D eigenvalue weighted by atomic mass is 16.5. The maximum absolute atomic E-state index is 12.8. The summed E-state index contributed by atoms with van der Waals surface area (Å²) in [5, 5.41) is 3.32. The Bertz CT molecular complexity index is 904. The van der Waals surface area contributed by atoms with Gasteiger partial charge in [-0.15, -0.1) is 0 Å². The molecule has 0 bridgehead atoms. The number of fused-ring (bicyclic) bond motifs is 2. The molecule has 144 valence electrons. The van der Waals surface area contributed by atoms with Gasteiger partial charge in [0.15, 0.2) is 0 Å². The van der Waals surface area contributed by atoms with E-state index in [2.05, 4.69) is 15.0 Å². The molecule has 2 aromatic rings. The van der Waals surface area contributed by atoms with Crippen LogP contribution in [0.1, 0.15) is 54.7 Å². The topological polar surface area (TPSA) is 90.3 Å². The number of aryl methyl sites for hydroxylation is 1. The predicted octanol–water partition coefficient (Wildman–Crippen LogP) is 2.20. The third-order valence-electron chi connectivity index (χ3n) is 4.90. The molecule has 1 aliphatic heterocycles. The van der Waals surface area contributed by atoms with Crippen LogP contribution in [0.5, 0.6) is 0 Å². The first kappa shape index (κ1) is 19.1. The first-order chi connectivity index (χ1) is 13.1. The third-order valence-corrected chi connectivity index (χ3v) is 4.90. The van der Waals surface area contributed by atoms with Crippen LogP contribution < -0.4 is 10.9 Å². The zero-order valence-corrected chi connectivity index (χ0v) is 15.6. The molecule has 7 heteroatoms. The fourth-order valence-electron chi connectivity index (χ4n) is 3.38. The summed E-state index contributed by atoms with van der Waals surface area (Å²) in [6.07, 6.45) is 5.87. The lowest BCUT2D eigenvalue weighted by Gasteiger charge is -2.16. The highest BCUT2D eigenvalue weighted by molar-refractivity contribution is 5.97. The van der Waals surface area contributed by atoms with Gasteiger partial charge in [-0.25, -0.2) is 4.98 Å². The molecule has 0 radical (unpaired) electrons. The van der Waals surface area contributed by atoms with E-state index in [0.717, 1.165) is 37.9 Å². The van der Waals surface area contributed by atoms with Crippen LogP contribution in [0, 0.1) is 0 Å². The fourth-order valence-corrected chi connectivity index (χ4v) is 3.38. The normalized spacial score (nSPS) is 14.1. The number of ether oxygens (including phenoxy) is 1. The molecule has 0 atom stereocenters. The second-order valence-electron chi connectivity index (χ2n) is 6.82. The molecule has 0 fully saturated rings. The van der Waals surface area contributed by atoms with Crippen molar-refractivity contribution in [3.05, 3.63) is 39.9 Å². The molecular formula is C20H25N3O4. The predicted molar refractivity (Wildman–Crippen MR) is 102 cm³/mol. The molecule has 0 saturated carbocycles. The second-order valence-corrected chi connectivity index (χ2v) is 6.82. The van der Waals surface area contributed by atoms with Crippen LogP contribution in [0.2, 0.25) is 0 Å². The van der Waals surface area contributed by atoms with Gasteiger partial charge in [0.1, 0.15) is 5.82 Å². The lowest BCUT2D eigenvalue weighted by molar-refractivity contribution is -0.140. The number of hydrogen-bond acceptors (Lipinski definition) is 5. The maximum atomic E-state index is 12.8. The summed E-state index contributed by atoms with van der Waals surface area (Å²) in [5.74, 6) is 0.273. The van der Waals surface area contributed by atoms with Gasteiger partial charge in [0, 0.05) is 31.5 Å². The molecule has 2 heterocycles. The first-order valence-corrected chi connectivity index (χ1v) is 9.48. The molecular weight excluding hydrogens is 346 g/mol. The summed E-state index contributed by atoms with van der Waals surface area (Å²) >= 11 is 0. The van der Waals surface area contributed by atoms with Gasteiger partial charge in [0.05, 0.1) is 18.0 Å². The highest BCUT2D eigenvalue weighted by Gasteiger charge is 2.15. The Morgan fingerprint density at radius 3 is 2.85 bits per heavy atom. The molecule has 27 heavy (non-hydrogen) atoms. The number of nitrogens with one attached hydrogen (secondary N) is 1. The Labute approximate surface area is 157 Å². The van der Waals surface area contributed by atoms with E-state index in [1.807, 2.05) is 0 Å². The Morgan fingerprint density at radius 2 is 2.04 bits per heavy atom. The van der Waals surface area contributed by atoms with E-state index in [1.165, 1.54) is 7.11 Å². The van der Waals surface area contributed by atoms with E-state index < -0.39 is 0 Å². The summed E-state index contributed by atoms with van der Waals surface area (Å²) in [6, 6.07) is 5.00. The molecule has 7 nitrogen and oxygen atoms in total. The SMILES string of the molecule is COC(=O)CCCNC(=O)c1ccc2c(=O)n3c(nc2c1)CCCCCC3. The molecule has 1 amide bonds. The van der Waals surface area contributed by atoms with Crippen LogP contribution in [0.15, 0.2) is 23.0 Å². The van der Waals surface area contributed by atoms with Gasteiger partial charge < -0.3 is 10.1 Å². The van der Waals surface area contributed by atoms with Crippen molar-refractivity contribution in [3.63, 3.8) is 0 Å². The third kappa shape index (κ3) is 4.53. The van der Waals surface area contributed by atoms with Crippen LogP contribution in [-0.2, 0) is 22.5 Å². The molecule has 1 aromatic carbocycles. The summed E-state index contributed by atoms with van der Waals surface area (Å²) in [5.41, 5.74) is 0.999. The summed E-state index contributed by atoms with van der Waals surface area (Å²) < 4.78 is 6.36. The van der Waals surface area contributed by atoms with Crippen molar-refractivity contribution in [2.45, 2.75) is 51.5 Å². The number of hydrogen-bond donors (Lipinski definition) is 1. The molecule has 1 N–H and O–H groups in total. The van der Waals surface area contributed by atoms with E-state index in [-0.39, 0.29) is 23.9 Å². The molecule has 0 saturated heterocycles. The van der Waals surface area contributed by atoms with E-state index in [4.69, 9.17) is 0 Å². The number of carbonyl (C=O) groups excluding carboxylic acids is 2. The van der Waals surface area contributed by atoms with Gasteiger partial charge in [-0.1, -0.05) is 12.8 Å². The Kier molecular flexibility index (Phi) is 6.21. The standard InChI is InChI=1S/C20H25N3O4/c1-27-18(24)8-6-11-21-19(25)14-9-10-15-16(13-14)22-17-7-4-2-3-5-12-23(17)20(15)26/h9-10,13H,2-8,11-12H2,1H3,(H,21,25). The van der Waals surface area contributed by atoms with Crippen LogP contribution in [0.3, 0.4) is 0 Å². The van der Waals surface area contributed by atoms with Crippen molar-refractivity contribution in [2.24, 2.45) is 0 Å². The average Bonchev–Trinajstić information content (AvgIpc) is 2.66. The van der Waals surface area contributed by atoms with E-state index >= 15 is 0 Å². The van der Waals surface area contributed by atoms with Gasteiger partial charge in [-0.2, -0.15) is 0 Å². The van der Waals surface area contributed by atoms with E-state index in [0.29, 0.717) is 36.0 Å². The number of amides is 1. The molecule has 0 spiro atoms. The zero-order valence-electron chi connectivity index (χ0n) is 15.6. The number of esters is 1. The van der Waals surface area contributed by atoms with Gasteiger partial charge in [0.25, 0.3) is 11.5 Å². The lowest BCUT2D eigenvalue weighted by atomic mass is 10.1. The molecule has 0 unspecified atom stereocenters. The summed E-state index contributed by atoms with van der Waals surface area (Å²) in [7, 11) is 1.34. The smallest absolute Gasteiger partial charge is 0.305 e. The Hall–Kier alpha value is -2.70. The number of nitrogens with zero attached hydrogens (tertiary/aromatic N) is 2. The number of rotatable bonds is 5. The van der Waals surface area contributed by atoms with Crippen molar-refractivity contribution in [2.75, 3.05) is 13.7 Å². The van der Waals surface area contributed by atoms with E-state index in [1.54, 1.807) is 22.8 Å². The van der Waals surface area contributed by atoms with Crippen molar-refractivity contribution >= 4 is 22.8 Å². The molecule has 3 rings (SSSR count). The van der Waals surface area contributed by atoms with Crippen LogP contribution in [-0.4, -0.2) is 35.1 Å². The minimum Gasteiger partial charge on any atom is -0.469 e. The maximum Gasteiger partial charge on any atom is 0.305 e. The van der Waals surface area contributed by atoms with Gasteiger partial charge in [-0.05, 0) is 37.5 Å². The minimum atomic E-state index is -0.295. The van der Waals surface area contributed by atoms with Gasteiger partial charge >= 0.3 is 5.97 Å². The minimum absolute atomic E-state index is 0.0260. The fraction of sp³-hybridized carbons (Fsp3) is 0.500. The van der Waals surface area contributed by atoms with Gasteiger partial charge in [0.2, 0.25) is 0 Å². The van der Waals surface area contributed by atoms with Crippen LogP contribution >= 0.6 is 0 Å². The number of methoxy groups -OCH3 is 1. The van der Waals surface area contributed by atoms with Crippen LogP contribution in [0.25, 0.3) is 10.9 Å².